The average Bonchev–Trinajstić information content (AvgIpc) is 2.32. The summed E-state index contributed by atoms with van der Waals surface area (Å²) in [6.45, 7) is 0.786. The van der Waals surface area contributed by atoms with Crippen LogP contribution in [0.1, 0.15) is 10.4 Å². The van der Waals surface area contributed by atoms with Gasteiger partial charge in [0.05, 0.1) is 25.4 Å². The van der Waals surface area contributed by atoms with Crippen molar-refractivity contribution in [3.8, 4) is 0 Å². The van der Waals surface area contributed by atoms with Crippen LogP contribution in [0.5, 0.6) is 0 Å². The fraction of sp³-hybridized carbons (Fsp3) is 0.444. The Morgan fingerprint density at radius 3 is 2.88 bits per heavy atom. The number of carbonyl (C=O) groups is 1. The third-order valence-electron chi connectivity index (χ3n) is 1.73. The molecule has 0 saturated heterocycles. The maximum atomic E-state index is 11.6. The lowest BCUT2D eigenvalue weighted by Gasteiger charge is -2.06. The van der Waals surface area contributed by atoms with Crippen LogP contribution in [0.25, 0.3) is 0 Å². The predicted molar refractivity (Wildman–Crippen MR) is 62.3 cm³/mol. The van der Waals surface area contributed by atoms with E-state index in [-0.39, 0.29) is 29.1 Å². The topological polar surface area (TPSA) is 84.3 Å². The minimum Gasteiger partial charge on any atom is -0.394 e. The number of aliphatic hydroxyl groups excluding tert-OH is 1. The van der Waals surface area contributed by atoms with Crippen molar-refractivity contribution >= 4 is 29.1 Å². The fourth-order valence-corrected chi connectivity index (χ4v) is 1.34. The van der Waals surface area contributed by atoms with Crippen LogP contribution in [0.15, 0.2) is 6.07 Å². The highest BCUT2D eigenvalue weighted by molar-refractivity contribution is 6.34. The molecular weight excluding hydrogens is 269 g/mol. The van der Waals surface area contributed by atoms with Gasteiger partial charge in [-0.15, -0.1) is 10.2 Å². The van der Waals surface area contributed by atoms with Crippen LogP contribution in [-0.4, -0.2) is 47.6 Å². The van der Waals surface area contributed by atoms with Crippen molar-refractivity contribution in [3.63, 3.8) is 0 Å². The molecule has 0 radical (unpaired) electrons. The molecule has 1 heterocycles. The molecule has 0 aromatic carbocycles. The van der Waals surface area contributed by atoms with E-state index < -0.39 is 5.91 Å². The summed E-state index contributed by atoms with van der Waals surface area (Å²) in [5, 5.41) is 18.1. The number of nitrogens with one attached hydrogen (secondary N) is 1. The smallest absolute Gasteiger partial charge is 0.254 e. The van der Waals surface area contributed by atoms with Gasteiger partial charge in [0.2, 0.25) is 0 Å². The van der Waals surface area contributed by atoms with Crippen molar-refractivity contribution in [2.45, 2.75) is 0 Å². The first-order chi connectivity index (χ1) is 8.15. The minimum absolute atomic E-state index is 0.0109. The molecule has 0 spiro atoms. The van der Waals surface area contributed by atoms with Gasteiger partial charge in [-0.3, -0.25) is 4.79 Å². The first-order valence-electron chi connectivity index (χ1n) is 4.80. The maximum absolute atomic E-state index is 11.6. The Morgan fingerprint density at radius 2 is 2.18 bits per heavy atom. The summed E-state index contributed by atoms with van der Waals surface area (Å²) in [6.07, 6.45) is 0. The molecular formula is C9H11Cl2N3O3. The molecule has 8 heteroatoms. The lowest BCUT2D eigenvalue weighted by Crippen LogP contribution is -2.28. The van der Waals surface area contributed by atoms with Crippen LogP contribution in [0.3, 0.4) is 0 Å². The molecule has 94 valence electrons. The van der Waals surface area contributed by atoms with Crippen molar-refractivity contribution in [1.29, 1.82) is 0 Å². The van der Waals surface area contributed by atoms with Gasteiger partial charge in [-0.05, 0) is 6.07 Å². The summed E-state index contributed by atoms with van der Waals surface area (Å²) < 4.78 is 4.97. The second kappa shape index (κ2) is 7.39. The lowest BCUT2D eigenvalue weighted by molar-refractivity contribution is 0.0838. The van der Waals surface area contributed by atoms with E-state index in [1.54, 1.807) is 0 Å². The van der Waals surface area contributed by atoms with Crippen molar-refractivity contribution in [2.75, 3.05) is 26.4 Å². The van der Waals surface area contributed by atoms with E-state index in [4.69, 9.17) is 33.0 Å². The average molecular weight is 280 g/mol. The quantitative estimate of drug-likeness (QED) is 0.742. The summed E-state index contributed by atoms with van der Waals surface area (Å²) in [7, 11) is 0. The number of halogens is 2. The number of rotatable bonds is 6. The van der Waals surface area contributed by atoms with E-state index in [0.29, 0.717) is 13.2 Å². The van der Waals surface area contributed by atoms with Crippen molar-refractivity contribution < 1.29 is 14.6 Å². The Morgan fingerprint density at radius 1 is 1.41 bits per heavy atom. The molecule has 1 rings (SSSR count). The van der Waals surface area contributed by atoms with E-state index in [0.717, 1.165) is 0 Å². The van der Waals surface area contributed by atoms with Crippen LogP contribution in [0, 0.1) is 0 Å². The molecule has 1 aromatic rings. The summed E-state index contributed by atoms with van der Waals surface area (Å²) in [4.78, 5) is 11.6. The molecule has 17 heavy (non-hydrogen) atoms. The molecule has 0 bridgehead atoms. The summed E-state index contributed by atoms with van der Waals surface area (Å²) in [5.41, 5.74) is 0.161. The van der Waals surface area contributed by atoms with E-state index in [1.807, 2.05) is 0 Å². The van der Waals surface area contributed by atoms with Gasteiger partial charge >= 0.3 is 0 Å². The Balaban J connectivity index is 2.44. The van der Waals surface area contributed by atoms with Crippen LogP contribution >= 0.6 is 23.2 Å². The van der Waals surface area contributed by atoms with Crippen LogP contribution in [0.4, 0.5) is 0 Å². The first kappa shape index (κ1) is 14.1. The van der Waals surface area contributed by atoms with Gasteiger partial charge in [0, 0.05) is 6.54 Å². The van der Waals surface area contributed by atoms with Gasteiger partial charge in [-0.1, -0.05) is 23.2 Å². The molecule has 0 aliphatic rings. The number of ether oxygens (including phenoxy) is 1. The molecule has 0 atom stereocenters. The Kier molecular flexibility index (Phi) is 6.13. The second-order valence-electron chi connectivity index (χ2n) is 2.96. The summed E-state index contributed by atoms with van der Waals surface area (Å²) >= 11 is 11.3. The summed E-state index contributed by atoms with van der Waals surface area (Å²) in [6, 6.07) is 1.33. The van der Waals surface area contributed by atoms with Gasteiger partial charge in [0.25, 0.3) is 5.91 Å². The Bertz CT molecular complexity index is 390. The largest absolute Gasteiger partial charge is 0.394 e. The van der Waals surface area contributed by atoms with Crippen molar-refractivity contribution in [3.05, 3.63) is 21.9 Å². The monoisotopic (exact) mass is 279 g/mol. The third kappa shape index (κ3) is 4.82. The molecule has 1 aromatic heterocycles. The number of aliphatic hydroxyl groups is 1. The highest BCUT2D eigenvalue weighted by Gasteiger charge is 2.12. The SMILES string of the molecule is O=C(NCCOCCO)c1cc(Cl)nnc1Cl. The van der Waals surface area contributed by atoms with E-state index >= 15 is 0 Å². The standard InChI is InChI=1S/C9H11Cl2N3O3/c10-7-5-6(8(11)14-13-7)9(16)12-1-3-17-4-2-15/h5,15H,1-4H2,(H,12,16). The number of hydrogen-bond acceptors (Lipinski definition) is 5. The lowest BCUT2D eigenvalue weighted by atomic mass is 10.3. The second-order valence-corrected chi connectivity index (χ2v) is 3.71. The first-order valence-corrected chi connectivity index (χ1v) is 5.56. The number of hydrogen-bond donors (Lipinski definition) is 2. The molecule has 6 nitrogen and oxygen atoms in total. The molecule has 2 N–H and O–H groups in total. The van der Waals surface area contributed by atoms with Gasteiger partial charge in [0.1, 0.15) is 0 Å². The minimum atomic E-state index is -0.403. The molecule has 1 amide bonds. The Labute approximate surface area is 108 Å². The van der Waals surface area contributed by atoms with Crippen LogP contribution in [0.2, 0.25) is 10.3 Å². The molecule has 0 fully saturated rings. The molecule has 0 aliphatic carbocycles. The van der Waals surface area contributed by atoms with E-state index in [9.17, 15) is 4.79 Å². The predicted octanol–water partition coefficient (Wildman–Crippen LogP) is 0.522. The highest BCUT2D eigenvalue weighted by atomic mass is 35.5. The zero-order valence-electron chi connectivity index (χ0n) is 8.82. The zero-order valence-corrected chi connectivity index (χ0v) is 10.3. The van der Waals surface area contributed by atoms with Gasteiger partial charge < -0.3 is 15.2 Å². The number of aromatic nitrogens is 2. The third-order valence-corrected chi connectivity index (χ3v) is 2.20. The normalized spacial score (nSPS) is 10.3. The molecule has 0 saturated carbocycles. The van der Waals surface area contributed by atoms with Gasteiger partial charge in [0.15, 0.2) is 10.3 Å². The maximum Gasteiger partial charge on any atom is 0.254 e. The number of carbonyl (C=O) groups excluding carboxylic acids is 1. The summed E-state index contributed by atoms with van der Waals surface area (Å²) in [5.74, 6) is -0.403. The van der Waals surface area contributed by atoms with E-state index in [1.165, 1.54) is 6.07 Å². The van der Waals surface area contributed by atoms with Crippen molar-refractivity contribution in [1.82, 2.24) is 15.5 Å². The molecule has 0 aliphatic heterocycles. The van der Waals surface area contributed by atoms with Gasteiger partial charge in [-0.25, -0.2) is 0 Å². The van der Waals surface area contributed by atoms with Crippen LogP contribution < -0.4 is 5.32 Å². The fourth-order valence-electron chi connectivity index (χ4n) is 1.01. The number of amides is 1. The van der Waals surface area contributed by atoms with E-state index in [2.05, 4.69) is 15.5 Å². The Hall–Kier alpha value is -0.950. The van der Waals surface area contributed by atoms with Gasteiger partial charge in [-0.2, -0.15) is 0 Å². The molecule has 0 unspecified atom stereocenters. The van der Waals surface area contributed by atoms with Crippen LogP contribution in [-0.2, 0) is 4.74 Å². The zero-order chi connectivity index (χ0) is 12.7. The number of nitrogens with zero attached hydrogens (tertiary/aromatic N) is 2. The highest BCUT2D eigenvalue weighted by Crippen LogP contribution is 2.14. The van der Waals surface area contributed by atoms with Crippen molar-refractivity contribution in [2.24, 2.45) is 0 Å².